The van der Waals surface area contributed by atoms with Crippen LogP contribution >= 0.6 is 0 Å². The van der Waals surface area contributed by atoms with Gasteiger partial charge in [0.05, 0.1) is 12.8 Å². The summed E-state index contributed by atoms with van der Waals surface area (Å²) < 4.78 is 5.23. The largest absolute Gasteiger partial charge is 0.497 e. The summed E-state index contributed by atoms with van der Waals surface area (Å²) in [5.74, 6) is 0.538. The minimum atomic E-state index is -0.553. The standard InChI is InChI=1S/C22H23N3O2/c1-25(19-13-7-4-8-14-19)24-21(17-10-5-3-6-11-17)22(26)23-18-12-9-15-20(16-18)27-2/h3-16,21,24H,1-2H3,(H,23,26)/t21-/m0/s1. The van der Waals surface area contributed by atoms with Crippen molar-refractivity contribution in [2.45, 2.75) is 6.04 Å². The van der Waals surface area contributed by atoms with Crippen molar-refractivity contribution in [2.75, 3.05) is 24.5 Å². The molecular formula is C22H23N3O2. The third-order valence-corrected chi connectivity index (χ3v) is 4.20. The van der Waals surface area contributed by atoms with Gasteiger partial charge in [-0.15, -0.1) is 0 Å². The van der Waals surface area contributed by atoms with Crippen LogP contribution in [0.4, 0.5) is 11.4 Å². The number of nitrogens with one attached hydrogen (secondary N) is 2. The van der Waals surface area contributed by atoms with E-state index < -0.39 is 6.04 Å². The highest BCUT2D eigenvalue weighted by Crippen LogP contribution is 2.21. The Balaban J connectivity index is 1.82. The third-order valence-electron chi connectivity index (χ3n) is 4.20. The number of rotatable bonds is 7. The van der Waals surface area contributed by atoms with E-state index in [1.165, 1.54) is 0 Å². The molecule has 3 aromatic rings. The van der Waals surface area contributed by atoms with E-state index in [0.717, 1.165) is 11.3 Å². The summed E-state index contributed by atoms with van der Waals surface area (Å²) in [6.07, 6.45) is 0. The number of hydrogen-bond donors (Lipinski definition) is 2. The van der Waals surface area contributed by atoms with Crippen molar-refractivity contribution in [1.82, 2.24) is 5.43 Å². The van der Waals surface area contributed by atoms with Crippen LogP contribution in [0.3, 0.4) is 0 Å². The molecule has 1 atom stereocenters. The summed E-state index contributed by atoms with van der Waals surface area (Å²) in [6, 6.07) is 26.2. The molecule has 0 heterocycles. The van der Waals surface area contributed by atoms with Crippen molar-refractivity contribution >= 4 is 17.3 Å². The summed E-state index contributed by atoms with van der Waals surface area (Å²) in [5, 5.41) is 4.81. The van der Waals surface area contributed by atoms with Gasteiger partial charge in [0.25, 0.3) is 0 Å². The second kappa shape index (κ2) is 8.87. The molecule has 1 amide bonds. The molecule has 138 valence electrons. The third kappa shape index (κ3) is 4.86. The second-order valence-corrected chi connectivity index (χ2v) is 6.09. The molecule has 5 nitrogen and oxygen atoms in total. The van der Waals surface area contributed by atoms with E-state index >= 15 is 0 Å². The maximum atomic E-state index is 13.0. The number of hydrazine groups is 1. The van der Waals surface area contributed by atoms with E-state index in [2.05, 4.69) is 10.7 Å². The lowest BCUT2D eigenvalue weighted by molar-refractivity contribution is -0.118. The topological polar surface area (TPSA) is 53.6 Å². The number of carbonyl (C=O) groups is 1. The van der Waals surface area contributed by atoms with Crippen LogP contribution < -0.4 is 20.5 Å². The van der Waals surface area contributed by atoms with Crippen molar-refractivity contribution < 1.29 is 9.53 Å². The Bertz CT molecular complexity index is 869. The predicted octanol–water partition coefficient (Wildman–Crippen LogP) is 4.02. The molecule has 0 fully saturated rings. The van der Waals surface area contributed by atoms with Crippen LogP contribution in [-0.2, 0) is 4.79 Å². The van der Waals surface area contributed by atoms with Crippen LogP contribution in [0, 0.1) is 0 Å². The van der Waals surface area contributed by atoms with Crippen LogP contribution in [0.25, 0.3) is 0 Å². The van der Waals surface area contributed by atoms with Gasteiger partial charge in [0.2, 0.25) is 5.91 Å². The smallest absolute Gasteiger partial charge is 0.247 e. The average Bonchev–Trinajstić information content (AvgIpc) is 2.73. The van der Waals surface area contributed by atoms with Crippen LogP contribution in [0.5, 0.6) is 5.75 Å². The molecule has 0 radical (unpaired) electrons. The summed E-state index contributed by atoms with van der Waals surface area (Å²) in [4.78, 5) is 13.0. The highest BCUT2D eigenvalue weighted by atomic mass is 16.5. The average molecular weight is 361 g/mol. The molecule has 0 saturated carbocycles. The number of methoxy groups -OCH3 is 1. The van der Waals surface area contributed by atoms with Crippen LogP contribution in [-0.4, -0.2) is 20.1 Å². The molecular weight excluding hydrogens is 338 g/mol. The fourth-order valence-electron chi connectivity index (χ4n) is 2.77. The molecule has 0 aliphatic heterocycles. The van der Waals surface area contributed by atoms with Gasteiger partial charge in [0.1, 0.15) is 11.8 Å². The lowest BCUT2D eigenvalue weighted by Crippen LogP contribution is -2.43. The maximum Gasteiger partial charge on any atom is 0.247 e. The Morgan fingerprint density at radius 1 is 0.926 bits per heavy atom. The van der Waals surface area contributed by atoms with Gasteiger partial charge in [-0.05, 0) is 29.8 Å². The molecule has 27 heavy (non-hydrogen) atoms. The highest BCUT2D eigenvalue weighted by molar-refractivity contribution is 5.95. The van der Waals surface area contributed by atoms with Crippen molar-refractivity contribution in [2.24, 2.45) is 0 Å². The number of hydrogen-bond acceptors (Lipinski definition) is 4. The minimum Gasteiger partial charge on any atom is -0.497 e. The first-order valence-electron chi connectivity index (χ1n) is 8.72. The fourth-order valence-corrected chi connectivity index (χ4v) is 2.77. The number of nitrogens with zero attached hydrogens (tertiary/aromatic N) is 1. The number of ether oxygens (including phenoxy) is 1. The molecule has 0 aliphatic rings. The Labute approximate surface area is 159 Å². The number of benzene rings is 3. The number of carbonyl (C=O) groups excluding carboxylic acids is 1. The summed E-state index contributed by atoms with van der Waals surface area (Å²) in [7, 11) is 3.49. The van der Waals surface area contributed by atoms with E-state index in [1.54, 1.807) is 13.2 Å². The zero-order chi connectivity index (χ0) is 19.1. The lowest BCUT2D eigenvalue weighted by atomic mass is 10.1. The molecule has 5 heteroatoms. The van der Waals surface area contributed by atoms with Gasteiger partial charge in [-0.1, -0.05) is 54.6 Å². The maximum absolute atomic E-state index is 13.0. The van der Waals surface area contributed by atoms with Gasteiger partial charge in [0, 0.05) is 18.8 Å². The summed E-state index contributed by atoms with van der Waals surface area (Å²) in [5.41, 5.74) is 5.81. The molecule has 0 aromatic heterocycles. The summed E-state index contributed by atoms with van der Waals surface area (Å²) in [6.45, 7) is 0. The molecule has 0 spiro atoms. The molecule has 3 rings (SSSR count). The van der Waals surface area contributed by atoms with Crippen LogP contribution in [0.1, 0.15) is 11.6 Å². The number of amides is 1. The predicted molar refractivity (Wildman–Crippen MR) is 109 cm³/mol. The molecule has 0 bridgehead atoms. The molecule has 0 unspecified atom stereocenters. The van der Waals surface area contributed by atoms with Crippen molar-refractivity contribution in [3.05, 3.63) is 90.5 Å². The quantitative estimate of drug-likeness (QED) is 0.624. The van der Waals surface area contributed by atoms with Gasteiger partial charge < -0.3 is 15.1 Å². The SMILES string of the molecule is COc1cccc(NC(=O)[C@@H](NN(C)c2ccccc2)c2ccccc2)c1. The van der Waals surface area contributed by atoms with Crippen LogP contribution in [0.15, 0.2) is 84.9 Å². The lowest BCUT2D eigenvalue weighted by Gasteiger charge is -2.27. The number of anilines is 2. The molecule has 0 aliphatic carbocycles. The normalized spacial score (nSPS) is 11.5. The Hall–Kier alpha value is -3.31. The monoisotopic (exact) mass is 361 g/mol. The van der Waals surface area contributed by atoms with Crippen molar-refractivity contribution in [3.8, 4) is 5.75 Å². The molecule has 0 saturated heterocycles. The zero-order valence-corrected chi connectivity index (χ0v) is 15.4. The first-order chi connectivity index (χ1) is 13.2. The van der Waals surface area contributed by atoms with E-state index in [-0.39, 0.29) is 5.91 Å². The Kier molecular flexibility index (Phi) is 6.07. The van der Waals surface area contributed by atoms with Gasteiger partial charge in [-0.2, -0.15) is 0 Å². The van der Waals surface area contributed by atoms with E-state index in [0.29, 0.717) is 11.4 Å². The van der Waals surface area contributed by atoms with Gasteiger partial charge in [-0.25, -0.2) is 5.43 Å². The Morgan fingerprint density at radius 3 is 2.26 bits per heavy atom. The second-order valence-electron chi connectivity index (χ2n) is 6.09. The molecule has 2 N–H and O–H groups in total. The Morgan fingerprint density at radius 2 is 1.59 bits per heavy atom. The van der Waals surface area contributed by atoms with Gasteiger partial charge in [0.15, 0.2) is 0 Å². The van der Waals surface area contributed by atoms with Crippen LogP contribution in [0.2, 0.25) is 0 Å². The van der Waals surface area contributed by atoms with E-state index in [4.69, 9.17) is 4.74 Å². The molecule has 3 aromatic carbocycles. The van der Waals surface area contributed by atoms with Crippen molar-refractivity contribution in [3.63, 3.8) is 0 Å². The first kappa shape index (κ1) is 18.5. The van der Waals surface area contributed by atoms with Gasteiger partial charge in [-0.3, -0.25) is 4.79 Å². The summed E-state index contributed by atoms with van der Waals surface area (Å²) >= 11 is 0. The van der Waals surface area contributed by atoms with E-state index in [1.807, 2.05) is 90.9 Å². The van der Waals surface area contributed by atoms with Crippen molar-refractivity contribution in [1.29, 1.82) is 0 Å². The highest BCUT2D eigenvalue weighted by Gasteiger charge is 2.22. The van der Waals surface area contributed by atoms with Gasteiger partial charge >= 0.3 is 0 Å². The van der Waals surface area contributed by atoms with E-state index in [9.17, 15) is 4.79 Å². The zero-order valence-electron chi connectivity index (χ0n) is 15.4. The minimum absolute atomic E-state index is 0.155. The fraction of sp³-hybridized carbons (Fsp3) is 0.136. The number of para-hydroxylation sites is 1. The first-order valence-corrected chi connectivity index (χ1v) is 8.72.